The summed E-state index contributed by atoms with van der Waals surface area (Å²) in [7, 11) is 1.67. The van der Waals surface area contributed by atoms with Crippen LogP contribution in [0, 0.1) is 0 Å². The van der Waals surface area contributed by atoms with Gasteiger partial charge < -0.3 is 9.47 Å². The van der Waals surface area contributed by atoms with E-state index in [0.29, 0.717) is 0 Å². The molecule has 0 N–H and O–H groups in total. The summed E-state index contributed by atoms with van der Waals surface area (Å²) in [5.41, 5.74) is -0.0638. The summed E-state index contributed by atoms with van der Waals surface area (Å²) in [6.07, 6.45) is 0. The highest BCUT2D eigenvalue weighted by atomic mass is 16.6. The summed E-state index contributed by atoms with van der Waals surface area (Å²) >= 11 is 0. The van der Waals surface area contributed by atoms with E-state index in [0.717, 1.165) is 16.9 Å². The molecule has 2 aromatic carbocycles. The molecule has 2 aliphatic rings. The highest BCUT2D eigenvalue weighted by molar-refractivity contribution is 5.37. The van der Waals surface area contributed by atoms with Crippen LogP contribution < -0.4 is 4.74 Å². The number of methoxy groups -OCH3 is 1. The first-order valence-corrected chi connectivity index (χ1v) is 9.53. The second-order valence-electron chi connectivity index (χ2n) is 8.38. The predicted octanol–water partition coefficient (Wildman–Crippen LogP) is 5.46. The van der Waals surface area contributed by atoms with E-state index in [1.807, 2.05) is 56.3 Å². The summed E-state index contributed by atoms with van der Waals surface area (Å²) < 4.78 is 11.8. The number of rotatable bonds is 4. The van der Waals surface area contributed by atoms with Gasteiger partial charge in [-0.15, -0.1) is 5.11 Å². The van der Waals surface area contributed by atoms with E-state index in [9.17, 15) is 0 Å². The molecule has 0 aromatic heterocycles. The van der Waals surface area contributed by atoms with Gasteiger partial charge in [0, 0.05) is 11.5 Å². The van der Waals surface area contributed by atoms with Crippen molar-refractivity contribution in [1.29, 1.82) is 0 Å². The highest BCUT2D eigenvalue weighted by Gasteiger charge is 2.59. The van der Waals surface area contributed by atoms with Crippen molar-refractivity contribution in [2.45, 2.75) is 56.6 Å². The van der Waals surface area contributed by atoms with Crippen LogP contribution in [0.5, 0.6) is 5.75 Å². The Hall–Kier alpha value is -2.60. The van der Waals surface area contributed by atoms with Crippen LogP contribution in [-0.4, -0.2) is 24.4 Å². The number of hydrogen-bond donors (Lipinski definition) is 0. The number of azo groups is 2. The first-order chi connectivity index (χ1) is 13.3. The first kappa shape index (κ1) is 18.7. The largest absolute Gasteiger partial charge is 0.497 e. The quantitative estimate of drug-likeness (QED) is 0.708. The molecule has 3 atom stereocenters. The summed E-state index contributed by atoms with van der Waals surface area (Å²) in [4.78, 5) is 0. The van der Waals surface area contributed by atoms with E-state index in [1.54, 1.807) is 7.11 Å². The minimum Gasteiger partial charge on any atom is -0.497 e. The molecule has 2 aromatic rings. The maximum Gasteiger partial charge on any atom is 0.232 e. The molecule has 0 radical (unpaired) electrons. The van der Waals surface area contributed by atoms with Crippen LogP contribution in [0.4, 0.5) is 0 Å². The number of hydrogen-bond acceptors (Lipinski definition) is 6. The van der Waals surface area contributed by atoms with Crippen molar-refractivity contribution >= 4 is 0 Å². The summed E-state index contributed by atoms with van der Waals surface area (Å²) in [5, 5.41) is 18.4. The third-order valence-electron chi connectivity index (χ3n) is 5.42. The lowest BCUT2D eigenvalue weighted by Gasteiger charge is -2.37. The van der Waals surface area contributed by atoms with Gasteiger partial charge in [0.25, 0.3) is 0 Å². The molecule has 0 spiro atoms. The van der Waals surface area contributed by atoms with E-state index >= 15 is 0 Å². The summed E-state index contributed by atoms with van der Waals surface area (Å²) in [6.45, 7) is 8.03. The van der Waals surface area contributed by atoms with Crippen LogP contribution in [0.1, 0.15) is 44.7 Å². The first-order valence-electron chi connectivity index (χ1n) is 9.53. The average Bonchev–Trinajstić information content (AvgIpc) is 3.19. The van der Waals surface area contributed by atoms with Crippen LogP contribution in [0.15, 0.2) is 75.1 Å². The Morgan fingerprint density at radius 3 is 2.11 bits per heavy atom. The zero-order valence-corrected chi connectivity index (χ0v) is 17.0. The third-order valence-corrected chi connectivity index (χ3v) is 5.42. The third kappa shape index (κ3) is 3.02. The van der Waals surface area contributed by atoms with Gasteiger partial charge in [0.1, 0.15) is 11.8 Å². The van der Waals surface area contributed by atoms with Crippen LogP contribution in [0.3, 0.4) is 0 Å². The molecule has 146 valence electrons. The van der Waals surface area contributed by atoms with E-state index in [1.165, 1.54) is 0 Å². The molecule has 0 saturated carbocycles. The second-order valence-corrected chi connectivity index (χ2v) is 8.38. The van der Waals surface area contributed by atoms with E-state index in [-0.39, 0.29) is 12.0 Å². The molecule has 0 fully saturated rings. The standard InChI is InChI=1S/C22H26N4O2/c1-20(2)18(15-11-13-17(27-5)14-12-15)19(23-24-20)22(16-9-7-6-8-10-16)26-25-21(3,4)28-22/h6-14,18-19H,1-5H3/t18-,19+,22-/m0/s1. The monoisotopic (exact) mass is 378 g/mol. The van der Waals surface area contributed by atoms with Gasteiger partial charge in [0.05, 0.1) is 12.6 Å². The Bertz CT molecular complexity index is 906. The Balaban J connectivity index is 1.83. The van der Waals surface area contributed by atoms with Gasteiger partial charge in [-0.25, -0.2) is 0 Å². The van der Waals surface area contributed by atoms with Crippen molar-refractivity contribution in [3.63, 3.8) is 0 Å². The lowest BCUT2D eigenvalue weighted by atomic mass is 9.74. The van der Waals surface area contributed by atoms with Crippen molar-refractivity contribution in [2.75, 3.05) is 7.11 Å². The average molecular weight is 378 g/mol. The Labute approximate surface area is 165 Å². The minimum atomic E-state index is -1.01. The zero-order chi connectivity index (χ0) is 20.0. The summed E-state index contributed by atoms with van der Waals surface area (Å²) in [6, 6.07) is 17.8. The normalized spacial score (nSPS) is 29.9. The molecular weight excluding hydrogens is 352 g/mol. The fourth-order valence-corrected chi connectivity index (χ4v) is 4.13. The fourth-order valence-electron chi connectivity index (χ4n) is 4.13. The molecule has 0 unspecified atom stereocenters. The van der Waals surface area contributed by atoms with E-state index in [2.05, 4.69) is 41.3 Å². The molecule has 2 aliphatic heterocycles. The molecule has 0 amide bonds. The fraction of sp³-hybridized carbons (Fsp3) is 0.455. The van der Waals surface area contributed by atoms with Gasteiger partial charge in [0.15, 0.2) is 5.72 Å². The van der Waals surface area contributed by atoms with Gasteiger partial charge in [0.2, 0.25) is 5.72 Å². The molecule has 4 rings (SSSR count). The van der Waals surface area contributed by atoms with Crippen LogP contribution in [0.2, 0.25) is 0 Å². The Kier molecular flexibility index (Phi) is 4.34. The molecule has 0 bridgehead atoms. The van der Waals surface area contributed by atoms with Crippen LogP contribution >= 0.6 is 0 Å². The molecule has 2 heterocycles. The highest BCUT2D eigenvalue weighted by Crippen LogP contribution is 2.53. The second kappa shape index (κ2) is 6.48. The van der Waals surface area contributed by atoms with Crippen molar-refractivity contribution < 1.29 is 9.47 Å². The number of ether oxygens (including phenoxy) is 2. The van der Waals surface area contributed by atoms with Crippen molar-refractivity contribution in [3.05, 3.63) is 65.7 Å². The SMILES string of the molecule is COc1ccc([C@H]2[C@H]([C@@]3(c4ccccc4)N=NC(C)(C)O3)N=NC2(C)C)cc1. The maximum absolute atomic E-state index is 6.48. The van der Waals surface area contributed by atoms with Gasteiger partial charge in [-0.3, -0.25) is 0 Å². The predicted molar refractivity (Wildman–Crippen MR) is 107 cm³/mol. The molecule has 6 heteroatoms. The number of benzene rings is 2. The Morgan fingerprint density at radius 1 is 0.857 bits per heavy atom. The molecule has 6 nitrogen and oxygen atoms in total. The van der Waals surface area contributed by atoms with Gasteiger partial charge >= 0.3 is 0 Å². The van der Waals surface area contributed by atoms with Gasteiger partial charge in [-0.05, 0) is 45.4 Å². The van der Waals surface area contributed by atoms with Crippen LogP contribution in [-0.2, 0) is 10.5 Å². The van der Waals surface area contributed by atoms with Crippen LogP contribution in [0.25, 0.3) is 0 Å². The smallest absolute Gasteiger partial charge is 0.232 e. The van der Waals surface area contributed by atoms with Gasteiger partial charge in [-0.2, -0.15) is 15.3 Å². The van der Waals surface area contributed by atoms with Crippen molar-refractivity contribution in [2.24, 2.45) is 20.5 Å². The Morgan fingerprint density at radius 2 is 1.54 bits per heavy atom. The molecule has 0 aliphatic carbocycles. The molecule has 28 heavy (non-hydrogen) atoms. The lowest BCUT2D eigenvalue weighted by Crippen LogP contribution is -2.45. The zero-order valence-electron chi connectivity index (χ0n) is 17.0. The van der Waals surface area contributed by atoms with Gasteiger partial charge in [-0.1, -0.05) is 42.5 Å². The minimum absolute atomic E-state index is 0.0218. The topological polar surface area (TPSA) is 67.9 Å². The van der Waals surface area contributed by atoms with Crippen molar-refractivity contribution in [1.82, 2.24) is 0 Å². The summed E-state index contributed by atoms with van der Waals surface area (Å²) in [5.74, 6) is 0.798. The van der Waals surface area contributed by atoms with E-state index in [4.69, 9.17) is 14.6 Å². The molecular formula is C22H26N4O2. The van der Waals surface area contributed by atoms with Crippen molar-refractivity contribution in [3.8, 4) is 5.75 Å². The maximum atomic E-state index is 6.48. The molecule has 0 saturated heterocycles. The lowest BCUT2D eigenvalue weighted by molar-refractivity contribution is -0.118. The van der Waals surface area contributed by atoms with E-state index < -0.39 is 17.0 Å². The number of nitrogens with zero attached hydrogens (tertiary/aromatic N) is 4.